The molecule has 0 aromatic heterocycles. The molecule has 3 nitrogen and oxygen atoms in total. The highest BCUT2D eigenvalue weighted by atomic mass is 16.3. The third kappa shape index (κ3) is 0.648. The average Bonchev–Trinajstić information content (AvgIpc) is 2.73. The Morgan fingerprint density at radius 2 is 1.78 bits per heavy atom. The third-order valence-corrected chi connectivity index (χ3v) is 7.70. The largest absolute Gasteiger partial charge is 0.392 e. The zero-order valence-electron chi connectivity index (χ0n) is 11.5. The van der Waals surface area contributed by atoms with Gasteiger partial charge in [-0.15, -0.1) is 0 Å². The molecule has 100 valence electrons. The van der Waals surface area contributed by atoms with Crippen molar-refractivity contribution in [2.45, 2.75) is 52.7 Å². The van der Waals surface area contributed by atoms with Crippen molar-refractivity contribution in [2.24, 2.45) is 33.5 Å². The molecule has 0 radical (unpaired) electrons. The Morgan fingerprint density at radius 3 is 2.28 bits per heavy atom. The van der Waals surface area contributed by atoms with E-state index < -0.39 is 23.0 Å². The maximum atomic E-state index is 12.4. The van der Waals surface area contributed by atoms with Gasteiger partial charge in [0, 0.05) is 22.7 Å². The molecular weight excluding hydrogens is 228 g/mol. The van der Waals surface area contributed by atoms with Crippen LogP contribution in [-0.2, 0) is 4.79 Å². The second kappa shape index (κ2) is 2.45. The maximum Gasteiger partial charge on any atom is 0.139 e. The SMILES string of the molecule is CC1(C)C(=O)CC[C@]2(C)[C@H]3C4[C@@H](O)[C@]12[C@H](O)[C@]43C. The molecule has 0 aromatic rings. The van der Waals surface area contributed by atoms with Crippen LogP contribution in [0.3, 0.4) is 0 Å². The normalized spacial score (nSPS) is 67.1. The smallest absolute Gasteiger partial charge is 0.139 e. The van der Waals surface area contributed by atoms with Gasteiger partial charge < -0.3 is 10.2 Å². The van der Waals surface area contributed by atoms with Gasteiger partial charge >= 0.3 is 0 Å². The summed E-state index contributed by atoms with van der Waals surface area (Å²) in [6.45, 7) is 8.19. The van der Waals surface area contributed by atoms with Crippen LogP contribution < -0.4 is 0 Å². The lowest BCUT2D eigenvalue weighted by molar-refractivity contribution is -0.183. The summed E-state index contributed by atoms with van der Waals surface area (Å²) in [6, 6.07) is 0. The highest BCUT2D eigenvalue weighted by Crippen LogP contribution is 2.93. The van der Waals surface area contributed by atoms with E-state index in [0.29, 0.717) is 12.3 Å². The Balaban J connectivity index is 2.03. The van der Waals surface area contributed by atoms with Gasteiger partial charge in [0.1, 0.15) is 5.78 Å². The second-order valence-electron chi connectivity index (χ2n) is 8.05. The van der Waals surface area contributed by atoms with Gasteiger partial charge in [-0.05, 0) is 23.7 Å². The summed E-state index contributed by atoms with van der Waals surface area (Å²) >= 11 is 0. The molecule has 5 fully saturated rings. The summed E-state index contributed by atoms with van der Waals surface area (Å²) in [5, 5.41) is 21.6. The van der Waals surface area contributed by atoms with E-state index in [1.165, 1.54) is 0 Å². The summed E-state index contributed by atoms with van der Waals surface area (Å²) in [4.78, 5) is 12.4. The lowest BCUT2D eigenvalue weighted by Gasteiger charge is -2.56. The monoisotopic (exact) mass is 250 g/mol. The molecule has 7 atom stereocenters. The van der Waals surface area contributed by atoms with E-state index in [0.717, 1.165) is 6.42 Å². The van der Waals surface area contributed by atoms with E-state index >= 15 is 0 Å². The summed E-state index contributed by atoms with van der Waals surface area (Å²) < 4.78 is 0. The molecule has 5 rings (SSSR count). The van der Waals surface area contributed by atoms with Crippen molar-refractivity contribution in [3.63, 3.8) is 0 Å². The number of hydrogen-bond acceptors (Lipinski definition) is 3. The van der Waals surface area contributed by atoms with Crippen LogP contribution in [0.25, 0.3) is 0 Å². The molecule has 1 spiro atoms. The summed E-state index contributed by atoms with van der Waals surface area (Å²) in [7, 11) is 0. The standard InChI is InChI=1S/C15H22O3/c1-12(2)7(16)5-6-13(3)9-8-10(17)15(12,13)11(18)14(8,9)4/h8-11,17-18H,5-6H2,1-4H3/t8?,9-,10-,11-,13-,14-,15+/m1/s1. The fourth-order valence-corrected chi connectivity index (χ4v) is 7.07. The Hall–Kier alpha value is -0.410. The number of ketones is 1. The molecular formula is C15H22O3. The minimum atomic E-state index is -0.612. The van der Waals surface area contributed by atoms with E-state index in [2.05, 4.69) is 13.8 Å². The molecule has 18 heavy (non-hydrogen) atoms. The fourth-order valence-electron chi connectivity index (χ4n) is 7.07. The molecule has 0 aliphatic heterocycles. The van der Waals surface area contributed by atoms with Crippen molar-refractivity contribution < 1.29 is 15.0 Å². The van der Waals surface area contributed by atoms with Gasteiger partial charge in [0.2, 0.25) is 0 Å². The van der Waals surface area contributed by atoms with Crippen molar-refractivity contribution in [1.82, 2.24) is 0 Å². The Labute approximate surface area is 108 Å². The number of Topliss-reactive ketones (excluding diaryl/α,β-unsaturated/α-hetero) is 1. The van der Waals surface area contributed by atoms with Crippen LogP contribution in [0.4, 0.5) is 0 Å². The summed E-state index contributed by atoms with van der Waals surface area (Å²) in [6.07, 6.45) is 0.399. The quantitative estimate of drug-likeness (QED) is 0.682. The van der Waals surface area contributed by atoms with Crippen molar-refractivity contribution in [3.05, 3.63) is 0 Å². The molecule has 5 aliphatic carbocycles. The average molecular weight is 250 g/mol. The molecule has 0 saturated heterocycles. The lowest BCUT2D eigenvalue weighted by atomic mass is 9.47. The summed E-state index contributed by atoms with van der Waals surface area (Å²) in [5.41, 5.74) is -1.43. The maximum absolute atomic E-state index is 12.4. The first kappa shape index (κ1) is 11.4. The van der Waals surface area contributed by atoms with Crippen LogP contribution in [0.2, 0.25) is 0 Å². The number of rotatable bonds is 0. The molecule has 0 amide bonds. The Morgan fingerprint density at radius 1 is 1.17 bits per heavy atom. The minimum absolute atomic E-state index is 0.0668. The van der Waals surface area contributed by atoms with Gasteiger partial charge in [0.25, 0.3) is 0 Å². The molecule has 1 unspecified atom stereocenters. The van der Waals surface area contributed by atoms with Crippen LogP contribution >= 0.6 is 0 Å². The molecule has 5 saturated carbocycles. The van der Waals surface area contributed by atoms with Crippen LogP contribution in [0.15, 0.2) is 0 Å². The highest BCUT2D eigenvalue weighted by molar-refractivity contribution is 5.87. The van der Waals surface area contributed by atoms with Gasteiger partial charge in [-0.3, -0.25) is 4.79 Å². The zero-order valence-corrected chi connectivity index (χ0v) is 11.5. The Bertz CT molecular complexity index is 484. The molecule has 5 aliphatic rings. The van der Waals surface area contributed by atoms with Gasteiger partial charge in [0.05, 0.1) is 12.2 Å². The number of carbonyl (C=O) groups is 1. The predicted octanol–water partition coefficient (Wildman–Crippen LogP) is 1.37. The van der Waals surface area contributed by atoms with Gasteiger partial charge in [-0.1, -0.05) is 27.7 Å². The zero-order chi connectivity index (χ0) is 13.3. The first-order valence-electron chi connectivity index (χ1n) is 7.08. The third-order valence-electron chi connectivity index (χ3n) is 7.70. The fraction of sp³-hybridized carbons (Fsp3) is 0.933. The lowest BCUT2D eigenvalue weighted by Crippen LogP contribution is -2.61. The Kier molecular flexibility index (Phi) is 1.55. The first-order chi connectivity index (χ1) is 8.18. The number of aliphatic hydroxyl groups is 2. The molecule has 3 heteroatoms. The number of hydrogen-bond donors (Lipinski definition) is 2. The van der Waals surface area contributed by atoms with Crippen molar-refractivity contribution in [3.8, 4) is 0 Å². The van der Waals surface area contributed by atoms with Gasteiger partial charge in [-0.2, -0.15) is 0 Å². The van der Waals surface area contributed by atoms with E-state index in [9.17, 15) is 15.0 Å². The van der Waals surface area contributed by atoms with Crippen molar-refractivity contribution in [2.75, 3.05) is 0 Å². The van der Waals surface area contributed by atoms with Gasteiger partial charge in [-0.25, -0.2) is 0 Å². The van der Waals surface area contributed by atoms with Crippen LogP contribution in [-0.4, -0.2) is 28.2 Å². The van der Waals surface area contributed by atoms with Crippen LogP contribution in [0.5, 0.6) is 0 Å². The predicted molar refractivity (Wildman–Crippen MR) is 65.7 cm³/mol. The van der Waals surface area contributed by atoms with Crippen LogP contribution in [0, 0.1) is 33.5 Å². The van der Waals surface area contributed by atoms with E-state index in [1.807, 2.05) is 13.8 Å². The molecule has 4 bridgehead atoms. The number of aliphatic hydroxyl groups excluding tert-OH is 2. The van der Waals surface area contributed by atoms with E-state index in [-0.39, 0.29) is 22.5 Å². The van der Waals surface area contributed by atoms with Gasteiger partial charge in [0.15, 0.2) is 0 Å². The van der Waals surface area contributed by atoms with Crippen molar-refractivity contribution >= 4 is 5.78 Å². The topological polar surface area (TPSA) is 57.5 Å². The molecule has 0 aromatic carbocycles. The first-order valence-corrected chi connectivity index (χ1v) is 7.08. The minimum Gasteiger partial charge on any atom is -0.392 e. The second-order valence-corrected chi connectivity index (χ2v) is 8.05. The van der Waals surface area contributed by atoms with Crippen LogP contribution in [0.1, 0.15) is 40.5 Å². The molecule has 0 heterocycles. The molecule has 2 N–H and O–H groups in total. The number of carbonyl (C=O) groups excluding carboxylic acids is 1. The van der Waals surface area contributed by atoms with E-state index in [4.69, 9.17) is 0 Å². The highest BCUT2D eigenvalue weighted by Gasteiger charge is 2.97. The van der Waals surface area contributed by atoms with Crippen molar-refractivity contribution in [1.29, 1.82) is 0 Å². The summed E-state index contributed by atoms with van der Waals surface area (Å²) in [5.74, 6) is 0.827. The van der Waals surface area contributed by atoms with E-state index in [1.54, 1.807) is 0 Å².